The molecule has 0 aromatic carbocycles. The molecular weight excluding hydrogens is 186 g/mol. The molecule has 0 N–H and O–H groups in total. The lowest BCUT2D eigenvalue weighted by atomic mass is 10.2. The van der Waals surface area contributed by atoms with Gasteiger partial charge in [0.1, 0.15) is 5.82 Å². The minimum Gasteiger partial charge on any atom is -0.299 e. The van der Waals surface area contributed by atoms with Gasteiger partial charge >= 0.3 is 0 Å². The summed E-state index contributed by atoms with van der Waals surface area (Å²) in [4.78, 5) is 0. The van der Waals surface area contributed by atoms with E-state index in [0.717, 1.165) is 12.2 Å². The van der Waals surface area contributed by atoms with Gasteiger partial charge in [-0.05, 0) is 24.9 Å². The molecule has 0 aliphatic heterocycles. The topological polar surface area (TPSA) is 30.7 Å². The van der Waals surface area contributed by atoms with Crippen molar-refractivity contribution in [1.29, 1.82) is 0 Å². The fourth-order valence-corrected chi connectivity index (χ4v) is 1.56. The standard InChI is InChI=1S/C9H16ClN3/c1-5-7(4)13-8(6(2)3)11-12-9(13)10/h6-7H,5H2,1-4H3. The lowest BCUT2D eigenvalue weighted by Gasteiger charge is -2.15. The Hall–Kier alpha value is -0.570. The number of hydrogen-bond donors (Lipinski definition) is 0. The van der Waals surface area contributed by atoms with E-state index in [1.54, 1.807) is 0 Å². The molecule has 1 atom stereocenters. The fraction of sp³-hybridized carbons (Fsp3) is 0.778. The van der Waals surface area contributed by atoms with E-state index in [2.05, 4.69) is 37.9 Å². The maximum absolute atomic E-state index is 5.95. The molecule has 0 amide bonds. The van der Waals surface area contributed by atoms with Gasteiger partial charge in [0, 0.05) is 12.0 Å². The van der Waals surface area contributed by atoms with Crippen molar-refractivity contribution in [2.45, 2.75) is 46.1 Å². The van der Waals surface area contributed by atoms with E-state index in [4.69, 9.17) is 11.6 Å². The second kappa shape index (κ2) is 4.09. The summed E-state index contributed by atoms with van der Waals surface area (Å²) < 4.78 is 2.01. The van der Waals surface area contributed by atoms with Crippen molar-refractivity contribution in [1.82, 2.24) is 14.8 Å². The molecule has 0 aliphatic carbocycles. The van der Waals surface area contributed by atoms with Crippen molar-refractivity contribution in [3.05, 3.63) is 11.1 Å². The summed E-state index contributed by atoms with van der Waals surface area (Å²) in [5, 5.41) is 8.45. The molecular formula is C9H16ClN3. The zero-order chi connectivity index (χ0) is 10.0. The monoisotopic (exact) mass is 201 g/mol. The van der Waals surface area contributed by atoms with E-state index in [0.29, 0.717) is 17.2 Å². The lowest BCUT2D eigenvalue weighted by Crippen LogP contribution is -2.09. The van der Waals surface area contributed by atoms with Crippen LogP contribution in [0.15, 0.2) is 0 Å². The van der Waals surface area contributed by atoms with Crippen LogP contribution in [0.4, 0.5) is 0 Å². The molecule has 0 radical (unpaired) electrons. The first-order valence-corrected chi connectivity index (χ1v) is 5.06. The highest BCUT2D eigenvalue weighted by molar-refractivity contribution is 6.28. The van der Waals surface area contributed by atoms with Gasteiger partial charge in [-0.25, -0.2) is 0 Å². The van der Waals surface area contributed by atoms with Crippen LogP contribution >= 0.6 is 11.6 Å². The van der Waals surface area contributed by atoms with Crippen LogP contribution in [0.5, 0.6) is 0 Å². The maximum Gasteiger partial charge on any atom is 0.225 e. The lowest BCUT2D eigenvalue weighted by molar-refractivity contribution is 0.497. The van der Waals surface area contributed by atoms with E-state index in [9.17, 15) is 0 Å². The Kier molecular flexibility index (Phi) is 3.31. The number of aromatic nitrogens is 3. The zero-order valence-electron chi connectivity index (χ0n) is 8.58. The molecule has 3 nitrogen and oxygen atoms in total. The molecule has 4 heteroatoms. The summed E-state index contributed by atoms with van der Waals surface area (Å²) in [6.07, 6.45) is 1.04. The Morgan fingerprint density at radius 3 is 2.38 bits per heavy atom. The van der Waals surface area contributed by atoms with Crippen LogP contribution in [-0.4, -0.2) is 14.8 Å². The highest BCUT2D eigenvalue weighted by atomic mass is 35.5. The second-order valence-corrected chi connectivity index (χ2v) is 3.95. The molecule has 13 heavy (non-hydrogen) atoms. The molecule has 1 aromatic rings. The summed E-state index contributed by atoms with van der Waals surface area (Å²) in [5.41, 5.74) is 0. The van der Waals surface area contributed by atoms with Crippen LogP contribution in [0.1, 0.15) is 51.9 Å². The van der Waals surface area contributed by atoms with E-state index in [-0.39, 0.29) is 0 Å². The predicted octanol–water partition coefficient (Wildman–Crippen LogP) is 3.03. The first-order chi connectivity index (χ1) is 6.07. The van der Waals surface area contributed by atoms with Crippen molar-refractivity contribution < 1.29 is 0 Å². The third kappa shape index (κ3) is 2.02. The molecule has 0 bridgehead atoms. The smallest absolute Gasteiger partial charge is 0.225 e. The average Bonchev–Trinajstić information content (AvgIpc) is 2.46. The summed E-state index contributed by atoms with van der Waals surface area (Å²) >= 11 is 5.95. The number of rotatable bonds is 3. The van der Waals surface area contributed by atoms with Gasteiger partial charge in [-0.1, -0.05) is 20.8 Å². The molecule has 1 unspecified atom stereocenters. The Bertz CT molecular complexity index is 280. The van der Waals surface area contributed by atoms with E-state index in [1.807, 2.05) is 4.57 Å². The van der Waals surface area contributed by atoms with E-state index >= 15 is 0 Å². The Balaban J connectivity index is 3.08. The zero-order valence-corrected chi connectivity index (χ0v) is 9.34. The largest absolute Gasteiger partial charge is 0.299 e. The number of halogens is 1. The normalized spacial score (nSPS) is 13.7. The maximum atomic E-state index is 5.95. The quantitative estimate of drug-likeness (QED) is 0.753. The van der Waals surface area contributed by atoms with E-state index in [1.165, 1.54) is 0 Å². The summed E-state index contributed by atoms with van der Waals surface area (Å²) in [6.45, 7) is 8.45. The molecule has 0 saturated carbocycles. The third-order valence-corrected chi connectivity index (χ3v) is 2.49. The SMILES string of the molecule is CCC(C)n1c(Cl)nnc1C(C)C. The molecule has 0 saturated heterocycles. The van der Waals surface area contributed by atoms with Gasteiger partial charge in [0.05, 0.1) is 0 Å². The second-order valence-electron chi connectivity index (χ2n) is 3.61. The Morgan fingerprint density at radius 2 is 1.92 bits per heavy atom. The van der Waals surface area contributed by atoms with Gasteiger partial charge in [0.15, 0.2) is 0 Å². The summed E-state index contributed by atoms with van der Waals surface area (Å²) in [5.74, 6) is 1.34. The Labute approximate surface area is 84.1 Å². The van der Waals surface area contributed by atoms with Crippen LogP contribution in [0.25, 0.3) is 0 Å². The van der Waals surface area contributed by atoms with Crippen LogP contribution in [-0.2, 0) is 0 Å². The molecule has 1 aromatic heterocycles. The van der Waals surface area contributed by atoms with Crippen LogP contribution in [0, 0.1) is 0 Å². The van der Waals surface area contributed by atoms with Crippen molar-refractivity contribution >= 4 is 11.6 Å². The summed E-state index contributed by atoms with van der Waals surface area (Å²) in [6, 6.07) is 0.375. The van der Waals surface area contributed by atoms with Crippen molar-refractivity contribution in [2.24, 2.45) is 0 Å². The predicted molar refractivity (Wildman–Crippen MR) is 54.1 cm³/mol. The van der Waals surface area contributed by atoms with Crippen LogP contribution in [0.2, 0.25) is 5.28 Å². The van der Waals surface area contributed by atoms with Gasteiger partial charge in [0.25, 0.3) is 0 Å². The highest BCUT2D eigenvalue weighted by Crippen LogP contribution is 2.23. The van der Waals surface area contributed by atoms with Crippen molar-refractivity contribution in [2.75, 3.05) is 0 Å². The third-order valence-electron chi connectivity index (χ3n) is 2.23. The molecule has 0 aliphatic rings. The van der Waals surface area contributed by atoms with Gasteiger partial charge in [-0.2, -0.15) is 0 Å². The minimum atomic E-state index is 0.369. The highest BCUT2D eigenvalue weighted by Gasteiger charge is 2.16. The van der Waals surface area contributed by atoms with Gasteiger partial charge in [0.2, 0.25) is 5.28 Å². The van der Waals surface area contributed by atoms with Crippen LogP contribution < -0.4 is 0 Å². The first kappa shape index (κ1) is 10.5. The molecule has 0 spiro atoms. The number of nitrogens with zero attached hydrogens (tertiary/aromatic N) is 3. The summed E-state index contributed by atoms with van der Waals surface area (Å²) in [7, 11) is 0. The van der Waals surface area contributed by atoms with Gasteiger partial charge in [-0.15, -0.1) is 10.2 Å². The minimum absolute atomic E-state index is 0.369. The van der Waals surface area contributed by atoms with Gasteiger partial charge in [-0.3, -0.25) is 4.57 Å². The van der Waals surface area contributed by atoms with Crippen LogP contribution in [0.3, 0.4) is 0 Å². The van der Waals surface area contributed by atoms with Gasteiger partial charge < -0.3 is 0 Å². The van der Waals surface area contributed by atoms with Crippen molar-refractivity contribution in [3.8, 4) is 0 Å². The fourth-order valence-electron chi connectivity index (χ4n) is 1.27. The first-order valence-electron chi connectivity index (χ1n) is 4.68. The molecule has 1 rings (SSSR count). The van der Waals surface area contributed by atoms with Crippen molar-refractivity contribution in [3.63, 3.8) is 0 Å². The average molecular weight is 202 g/mol. The van der Waals surface area contributed by atoms with E-state index < -0.39 is 0 Å². The number of hydrogen-bond acceptors (Lipinski definition) is 2. The molecule has 0 fully saturated rings. The Morgan fingerprint density at radius 1 is 1.31 bits per heavy atom. The molecule has 1 heterocycles. The molecule has 74 valence electrons.